The molecule has 1 atom stereocenters. The van der Waals surface area contributed by atoms with E-state index >= 15 is 0 Å². The Kier molecular flexibility index (Phi) is 4.23. The summed E-state index contributed by atoms with van der Waals surface area (Å²) < 4.78 is 16.2. The van der Waals surface area contributed by atoms with E-state index in [1.807, 2.05) is 0 Å². The molecule has 0 bridgehead atoms. The summed E-state index contributed by atoms with van der Waals surface area (Å²) in [6, 6.07) is 0. The van der Waals surface area contributed by atoms with Crippen molar-refractivity contribution in [3.8, 4) is 0 Å². The van der Waals surface area contributed by atoms with Crippen molar-refractivity contribution in [1.29, 1.82) is 0 Å². The van der Waals surface area contributed by atoms with Crippen LogP contribution in [0.4, 0.5) is 0 Å². The summed E-state index contributed by atoms with van der Waals surface area (Å²) in [5, 5.41) is 0. The molecule has 0 saturated carbocycles. The molecule has 0 N–H and O–H groups in total. The van der Waals surface area contributed by atoms with Crippen LogP contribution in [-0.4, -0.2) is 19.9 Å². The maximum absolute atomic E-state index is 11.0. The van der Waals surface area contributed by atoms with Crippen molar-refractivity contribution < 1.29 is 9.09 Å². The largest absolute Gasteiger partial charge is 0.329 e. The third kappa shape index (κ3) is 6.31. The van der Waals surface area contributed by atoms with Gasteiger partial charge in [0.1, 0.15) is 0 Å². The molecule has 0 aromatic heterocycles. The smallest absolute Gasteiger partial charge is 0.197 e. The van der Waals surface area contributed by atoms with Gasteiger partial charge in [0.15, 0.2) is 7.37 Å². The molecule has 10 heavy (non-hydrogen) atoms. The van der Waals surface area contributed by atoms with Crippen LogP contribution in [0.2, 0.25) is 0 Å². The van der Waals surface area contributed by atoms with Gasteiger partial charge < -0.3 is 4.52 Å². The first-order valence-corrected chi connectivity index (χ1v) is 6.17. The fraction of sp³-hybridized carbons (Fsp3) is 1.00. The fourth-order valence-electron chi connectivity index (χ4n) is 0.425. The Morgan fingerprint density at radius 2 is 2.00 bits per heavy atom. The SMILES string of the molecule is CC[C@@H](C)COP(C)(C)=O. The minimum atomic E-state index is -2.23. The van der Waals surface area contributed by atoms with Crippen molar-refractivity contribution in [1.82, 2.24) is 0 Å². The average molecular weight is 164 g/mol. The molecule has 0 aromatic rings. The molecule has 0 fully saturated rings. The van der Waals surface area contributed by atoms with Crippen molar-refractivity contribution in [2.24, 2.45) is 5.92 Å². The summed E-state index contributed by atoms with van der Waals surface area (Å²) in [4.78, 5) is 0. The van der Waals surface area contributed by atoms with E-state index in [4.69, 9.17) is 4.52 Å². The van der Waals surface area contributed by atoms with Crippen molar-refractivity contribution in [2.75, 3.05) is 19.9 Å². The maximum Gasteiger partial charge on any atom is 0.197 e. The lowest BCUT2D eigenvalue weighted by Crippen LogP contribution is -2.02. The highest BCUT2D eigenvalue weighted by Gasteiger charge is 2.08. The van der Waals surface area contributed by atoms with Crippen LogP contribution in [0, 0.1) is 5.92 Å². The minimum Gasteiger partial charge on any atom is -0.329 e. The van der Waals surface area contributed by atoms with Gasteiger partial charge in [-0.1, -0.05) is 20.3 Å². The molecule has 0 aliphatic carbocycles. The van der Waals surface area contributed by atoms with Gasteiger partial charge in [0.25, 0.3) is 0 Å². The summed E-state index contributed by atoms with van der Waals surface area (Å²) in [7, 11) is -2.23. The molecule has 3 heteroatoms. The van der Waals surface area contributed by atoms with Gasteiger partial charge in [0.05, 0.1) is 6.61 Å². The second kappa shape index (κ2) is 4.15. The van der Waals surface area contributed by atoms with Gasteiger partial charge in [-0.15, -0.1) is 0 Å². The zero-order chi connectivity index (χ0) is 8.20. The summed E-state index contributed by atoms with van der Waals surface area (Å²) >= 11 is 0. The molecule has 0 spiro atoms. The quantitative estimate of drug-likeness (QED) is 0.597. The Balaban J connectivity index is 3.46. The molecular weight excluding hydrogens is 147 g/mol. The molecular formula is C7H17O2P. The lowest BCUT2D eigenvalue weighted by atomic mass is 10.1. The molecule has 62 valence electrons. The fourth-order valence-corrected chi connectivity index (χ4v) is 1.04. The Bertz CT molecular complexity index is 128. The first-order chi connectivity index (χ1) is 4.45. The van der Waals surface area contributed by atoms with Crippen LogP contribution in [-0.2, 0) is 9.09 Å². The monoisotopic (exact) mass is 164 g/mol. The third-order valence-electron chi connectivity index (χ3n) is 1.37. The van der Waals surface area contributed by atoms with Crippen LogP contribution < -0.4 is 0 Å². The van der Waals surface area contributed by atoms with E-state index in [0.29, 0.717) is 12.5 Å². The molecule has 0 radical (unpaired) electrons. The maximum atomic E-state index is 11.0. The van der Waals surface area contributed by atoms with Crippen molar-refractivity contribution in [2.45, 2.75) is 20.3 Å². The predicted octanol–water partition coefficient (Wildman–Crippen LogP) is 2.59. The van der Waals surface area contributed by atoms with E-state index in [2.05, 4.69) is 13.8 Å². The van der Waals surface area contributed by atoms with E-state index in [1.165, 1.54) is 0 Å². The highest BCUT2D eigenvalue weighted by molar-refractivity contribution is 7.57. The van der Waals surface area contributed by atoms with Crippen LogP contribution >= 0.6 is 7.37 Å². The summed E-state index contributed by atoms with van der Waals surface area (Å²) in [6.45, 7) is 8.12. The Morgan fingerprint density at radius 3 is 2.30 bits per heavy atom. The van der Waals surface area contributed by atoms with Gasteiger partial charge in [0.2, 0.25) is 0 Å². The normalized spacial score (nSPS) is 15.2. The van der Waals surface area contributed by atoms with E-state index < -0.39 is 7.37 Å². The second-order valence-corrected chi connectivity index (χ2v) is 5.82. The molecule has 0 heterocycles. The van der Waals surface area contributed by atoms with Crippen LogP contribution in [0.15, 0.2) is 0 Å². The van der Waals surface area contributed by atoms with E-state index in [9.17, 15) is 4.57 Å². The zero-order valence-corrected chi connectivity index (χ0v) is 8.15. The van der Waals surface area contributed by atoms with Crippen LogP contribution in [0.5, 0.6) is 0 Å². The lowest BCUT2D eigenvalue weighted by molar-refractivity contribution is 0.262. The summed E-state index contributed by atoms with van der Waals surface area (Å²) in [5.74, 6) is 0.522. The van der Waals surface area contributed by atoms with Crippen LogP contribution in [0.1, 0.15) is 20.3 Å². The Morgan fingerprint density at radius 1 is 1.50 bits per heavy atom. The average Bonchev–Trinajstić information content (AvgIpc) is 1.81. The molecule has 2 nitrogen and oxygen atoms in total. The van der Waals surface area contributed by atoms with E-state index in [-0.39, 0.29) is 0 Å². The predicted molar refractivity (Wildman–Crippen MR) is 44.9 cm³/mol. The molecule has 0 unspecified atom stereocenters. The van der Waals surface area contributed by atoms with Gasteiger partial charge in [-0.3, -0.25) is 4.57 Å². The molecule has 0 aliphatic rings. The van der Waals surface area contributed by atoms with Gasteiger partial charge in [0, 0.05) is 13.3 Å². The first kappa shape index (κ1) is 10.2. The standard InChI is InChI=1S/C7H17O2P/c1-5-7(2)6-9-10(3,4)8/h7H,5-6H2,1-4H3/t7-/m1/s1. The summed E-state index contributed by atoms with van der Waals surface area (Å²) in [5.41, 5.74) is 0. The number of hydrogen-bond donors (Lipinski definition) is 0. The zero-order valence-electron chi connectivity index (χ0n) is 7.26. The summed E-state index contributed by atoms with van der Waals surface area (Å²) in [6.07, 6.45) is 1.08. The van der Waals surface area contributed by atoms with Crippen molar-refractivity contribution in [3.05, 3.63) is 0 Å². The Hall–Kier alpha value is 0.190. The van der Waals surface area contributed by atoms with Crippen molar-refractivity contribution in [3.63, 3.8) is 0 Å². The van der Waals surface area contributed by atoms with Gasteiger partial charge >= 0.3 is 0 Å². The number of hydrogen-bond acceptors (Lipinski definition) is 2. The van der Waals surface area contributed by atoms with Gasteiger partial charge in [-0.05, 0) is 5.92 Å². The Labute approximate surface area is 63.4 Å². The topological polar surface area (TPSA) is 26.3 Å². The van der Waals surface area contributed by atoms with Crippen LogP contribution in [0.25, 0.3) is 0 Å². The van der Waals surface area contributed by atoms with Crippen LogP contribution in [0.3, 0.4) is 0 Å². The van der Waals surface area contributed by atoms with E-state index in [0.717, 1.165) is 6.42 Å². The van der Waals surface area contributed by atoms with Gasteiger partial charge in [-0.25, -0.2) is 0 Å². The van der Waals surface area contributed by atoms with Gasteiger partial charge in [-0.2, -0.15) is 0 Å². The molecule has 0 rings (SSSR count). The molecule has 0 aliphatic heterocycles. The highest BCUT2D eigenvalue weighted by atomic mass is 31.2. The third-order valence-corrected chi connectivity index (χ3v) is 2.14. The highest BCUT2D eigenvalue weighted by Crippen LogP contribution is 2.37. The molecule has 0 aromatic carbocycles. The second-order valence-electron chi connectivity index (χ2n) is 3.06. The van der Waals surface area contributed by atoms with E-state index in [1.54, 1.807) is 13.3 Å². The molecule has 0 saturated heterocycles. The minimum absolute atomic E-state index is 0.522. The number of rotatable bonds is 4. The van der Waals surface area contributed by atoms with Crippen molar-refractivity contribution >= 4 is 7.37 Å². The first-order valence-electron chi connectivity index (χ1n) is 3.65. The molecule has 0 amide bonds. The lowest BCUT2D eigenvalue weighted by Gasteiger charge is -2.11.